The molecule has 1 aliphatic rings. The normalized spacial score (nSPS) is 15.1. The van der Waals surface area contributed by atoms with Crippen molar-refractivity contribution in [1.82, 2.24) is 15.6 Å². The number of halogens is 2. The largest absolute Gasteiger partial charge is 0.383 e. The smallest absolute Gasteiger partial charge is 0.254 e. The van der Waals surface area contributed by atoms with Crippen molar-refractivity contribution >= 4 is 11.7 Å². The fourth-order valence-electron chi connectivity index (χ4n) is 3.94. The maximum atomic E-state index is 14.2. The number of anilines is 1. The molecule has 0 radical (unpaired) electrons. The molecule has 7 heteroatoms. The van der Waals surface area contributed by atoms with Crippen LogP contribution in [0.1, 0.15) is 39.5 Å². The minimum absolute atomic E-state index is 0.151. The van der Waals surface area contributed by atoms with E-state index in [2.05, 4.69) is 15.6 Å². The SMILES string of the molecule is CNC(=O)c1cc(-c2cccc(CNC3CCc4cc(F)cc(F)c43)c2)cnc1N. The molecule has 0 saturated heterocycles. The first-order chi connectivity index (χ1) is 14.5. The summed E-state index contributed by atoms with van der Waals surface area (Å²) in [6, 6.07) is 11.7. The summed E-state index contributed by atoms with van der Waals surface area (Å²) < 4.78 is 27.7. The number of nitrogens with one attached hydrogen (secondary N) is 2. The molecule has 4 N–H and O–H groups in total. The second kappa shape index (κ2) is 8.20. The quantitative estimate of drug-likeness (QED) is 0.601. The minimum atomic E-state index is -0.534. The molecule has 0 aliphatic heterocycles. The van der Waals surface area contributed by atoms with Gasteiger partial charge in [0.2, 0.25) is 0 Å². The van der Waals surface area contributed by atoms with Crippen LogP contribution in [-0.2, 0) is 13.0 Å². The summed E-state index contributed by atoms with van der Waals surface area (Å²) in [6.07, 6.45) is 3.01. The predicted molar refractivity (Wildman–Crippen MR) is 112 cm³/mol. The number of carbonyl (C=O) groups is 1. The van der Waals surface area contributed by atoms with Crippen molar-refractivity contribution in [2.45, 2.75) is 25.4 Å². The van der Waals surface area contributed by atoms with Crippen LogP contribution in [0.5, 0.6) is 0 Å². The number of hydrogen-bond donors (Lipinski definition) is 3. The maximum Gasteiger partial charge on any atom is 0.254 e. The molecule has 0 saturated carbocycles. The van der Waals surface area contributed by atoms with Gasteiger partial charge < -0.3 is 16.4 Å². The molecule has 0 spiro atoms. The number of pyridine rings is 1. The lowest BCUT2D eigenvalue weighted by Gasteiger charge is -2.15. The second-order valence-electron chi connectivity index (χ2n) is 7.37. The van der Waals surface area contributed by atoms with E-state index in [1.807, 2.05) is 24.3 Å². The van der Waals surface area contributed by atoms with Gasteiger partial charge in [0.05, 0.1) is 5.56 Å². The summed E-state index contributed by atoms with van der Waals surface area (Å²) in [4.78, 5) is 16.1. The van der Waals surface area contributed by atoms with Crippen molar-refractivity contribution in [1.29, 1.82) is 0 Å². The van der Waals surface area contributed by atoms with E-state index >= 15 is 0 Å². The van der Waals surface area contributed by atoms with Gasteiger partial charge >= 0.3 is 0 Å². The van der Waals surface area contributed by atoms with Crippen LogP contribution in [0.15, 0.2) is 48.7 Å². The second-order valence-corrected chi connectivity index (χ2v) is 7.37. The summed E-state index contributed by atoms with van der Waals surface area (Å²) in [5.41, 5.74) is 10.1. The zero-order valence-electron chi connectivity index (χ0n) is 16.5. The monoisotopic (exact) mass is 408 g/mol. The van der Waals surface area contributed by atoms with E-state index in [-0.39, 0.29) is 17.8 Å². The third-order valence-electron chi connectivity index (χ3n) is 5.43. The number of nitrogens with two attached hydrogens (primary N) is 1. The highest BCUT2D eigenvalue weighted by Crippen LogP contribution is 2.34. The zero-order valence-corrected chi connectivity index (χ0v) is 16.5. The molecule has 0 bridgehead atoms. The number of nitrogen functional groups attached to an aromatic ring is 1. The number of amides is 1. The first kappa shape index (κ1) is 20.0. The Morgan fingerprint density at radius 2 is 2.03 bits per heavy atom. The first-order valence-electron chi connectivity index (χ1n) is 9.74. The van der Waals surface area contributed by atoms with Gasteiger partial charge in [-0.25, -0.2) is 13.8 Å². The van der Waals surface area contributed by atoms with Gasteiger partial charge in [-0.05, 0) is 47.7 Å². The fraction of sp³-hybridized carbons (Fsp3) is 0.217. The Morgan fingerprint density at radius 3 is 2.83 bits per heavy atom. The van der Waals surface area contributed by atoms with Gasteiger partial charge in [-0.3, -0.25) is 4.79 Å². The minimum Gasteiger partial charge on any atom is -0.383 e. The highest BCUT2D eigenvalue weighted by atomic mass is 19.1. The van der Waals surface area contributed by atoms with Crippen molar-refractivity contribution in [3.8, 4) is 11.1 Å². The molecular formula is C23H22F2N4O. The van der Waals surface area contributed by atoms with Crippen molar-refractivity contribution in [3.05, 3.63) is 82.5 Å². The third kappa shape index (κ3) is 3.89. The van der Waals surface area contributed by atoms with Gasteiger partial charge in [0.15, 0.2) is 0 Å². The molecule has 2 aromatic carbocycles. The Labute approximate surface area is 173 Å². The van der Waals surface area contributed by atoms with Gasteiger partial charge in [0.1, 0.15) is 17.5 Å². The number of hydrogen-bond acceptors (Lipinski definition) is 4. The molecule has 1 atom stereocenters. The van der Waals surface area contributed by atoms with Crippen LogP contribution >= 0.6 is 0 Å². The average Bonchev–Trinajstić information content (AvgIpc) is 3.15. The number of benzene rings is 2. The molecule has 3 aromatic rings. The van der Waals surface area contributed by atoms with Gasteiger partial charge in [-0.1, -0.05) is 18.2 Å². The number of carbonyl (C=O) groups excluding carboxylic acids is 1. The number of rotatable bonds is 5. The summed E-state index contributed by atoms with van der Waals surface area (Å²) in [7, 11) is 1.54. The summed E-state index contributed by atoms with van der Waals surface area (Å²) in [5.74, 6) is -1.15. The van der Waals surface area contributed by atoms with Crippen LogP contribution in [0.2, 0.25) is 0 Å². The van der Waals surface area contributed by atoms with Gasteiger partial charge in [-0.2, -0.15) is 0 Å². The van der Waals surface area contributed by atoms with E-state index < -0.39 is 11.6 Å². The van der Waals surface area contributed by atoms with Crippen molar-refractivity contribution in [3.63, 3.8) is 0 Å². The van der Waals surface area contributed by atoms with Crippen LogP contribution in [0.3, 0.4) is 0 Å². The molecule has 1 aromatic heterocycles. The van der Waals surface area contributed by atoms with E-state index in [1.165, 1.54) is 6.07 Å². The molecule has 30 heavy (non-hydrogen) atoms. The molecule has 5 nitrogen and oxygen atoms in total. The molecule has 1 aliphatic carbocycles. The fourth-order valence-corrected chi connectivity index (χ4v) is 3.94. The lowest BCUT2D eigenvalue weighted by Crippen LogP contribution is -2.20. The van der Waals surface area contributed by atoms with Crippen LogP contribution in [0, 0.1) is 11.6 Å². The van der Waals surface area contributed by atoms with Crippen molar-refractivity contribution in [2.24, 2.45) is 0 Å². The standard InChI is InChI=1S/C23H22F2N4O/c1-27-23(30)18-9-16(12-29-22(18)26)14-4-2-3-13(7-14)11-28-20-6-5-15-8-17(24)10-19(25)21(15)20/h2-4,7-10,12,20,28H,5-6,11H2,1H3,(H2,26,29)(H,27,30). The maximum absolute atomic E-state index is 14.2. The third-order valence-corrected chi connectivity index (χ3v) is 5.43. The molecule has 154 valence electrons. The highest BCUT2D eigenvalue weighted by molar-refractivity contribution is 5.99. The van der Waals surface area contributed by atoms with E-state index in [0.29, 0.717) is 24.1 Å². The zero-order chi connectivity index (χ0) is 21.3. The van der Waals surface area contributed by atoms with E-state index in [4.69, 9.17) is 5.73 Å². The molecule has 1 amide bonds. The molecular weight excluding hydrogens is 386 g/mol. The molecule has 1 unspecified atom stereocenters. The van der Waals surface area contributed by atoms with Crippen LogP contribution in [0.25, 0.3) is 11.1 Å². The van der Waals surface area contributed by atoms with E-state index in [1.54, 1.807) is 19.3 Å². The van der Waals surface area contributed by atoms with Crippen LogP contribution < -0.4 is 16.4 Å². The number of nitrogens with zero attached hydrogens (tertiary/aromatic N) is 1. The summed E-state index contributed by atoms with van der Waals surface area (Å²) in [5, 5.41) is 5.94. The van der Waals surface area contributed by atoms with Crippen molar-refractivity contribution in [2.75, 3.05) is 12.8 Å². The number of aryl methyl sites for hydroxylation is 1. The Hall–Kier alpha value is -3.32. The van der Waals surface area contributed by atoms with Gasteiger partial charge in [0, 0.05) is 43.0 Å². The average molecular weight is 408 g/mol. The Bertz CT molecular complexity index is 1120. The highest BCUT2D eigenvalue weighted by Gasteiger charge is 2.26. The number of fused-ring (bicyclic) bond motifs is 1. The van der Waals surface area contributed by atoms with Crippen LogP contribution in [0.4, 0.5) is 14.6 Å². The molecule has 1 heterocycles. The molecule has 4 rings (SSSR count). The van der Waals surface area contributed by atoms with Crippen LogP contribution in [-0.4, -0.2) is 17.9 Å². The predicted octanol–water partition coefficient (Wildman–Crippen LogP) is 3.75. The number of aromatic nitrogens is 1. The Balaban J connectivity index is 1.53. The summed E-state index contributed by atoms with van der Waals surface area (Å²) >= 11 is 0. The van der Waals surface area contributed by atoms with Gasteiger partial charge in [0.25, 0.3) is 5.91 Å². The van der Waals surface area contributed by atoms with Crippen molar-refractivity contribution < 1.29 is 13.6 Å². The lowest BCUT2D eigenvalue weighted by molar-refractivity contribution is 0.0963. The topological polar surface area (TPSA) is 80.0 Å². The first-order valence-corrected chi connectivity index (χ1v) is 9.74. The lowest BCUT2D eigenvalue weighted by atomic mass is 10.0. The Morgan fingerprint density at radius 1 is 1.20 bits per heavy atom. The van der Waals surface area contributed by atoms with Gasteiger partial charge in [-0.15, -0.1) is 0 Å². The summed E-state index contributed by atoms with van der Waals surface area (Å²) in [6.45, 7) is 0.527. The molecule has 0 fully saturated rings. The Kier molecular flexibility index (Phi) is 5.46. The van der Waals surface area contributed by atoms with E-state index in [0.717, 1.165) is 34.7 Å². The van der Waals surface area contributed by atoms with E-state index in [9.17, 15) is 13.6 Å².